The van der Waals surface area contributed by atoms with Gasteiger partial charge in [-0.05, 0) is 32.4 Å². The number of amides is 2. The van der Waals surface area contributed by atoms with Gasteiger partial charge in [-0.25, -0.2) is 4.98 Å². The number of carbonyl (C=O) groups excluding carboxylic acids is 2. The Kier molecular flexibility index (Phi) is 4.56. The molecule has 0 aromatic carbocycles. The van der Waals surface area contributed by atoms with Gasteiger partial charge in [-0.3, -0.25) is 14.3 Å². The molecular weight excluding hydrogens is 356 g/mol. The summed E-state index contributed by atoms with van der Waals surface area (Å²) in [5.41, 5.74) is 8.71. The average Bonchev–Trinajstić information content (AvgIpc) is 3.22. The average molecular weight is 382 g/mol. The zero-order chi connectivity index (χ0) is 20.0. The van der Waals surface area contributed by atoms with Gasteiger partial charge in [0.25, 0.3) is 5.91 Å². The Morgan fingerprint density at radius 2 is 2.07 bits per heavy atom. The lowest BCUT2D eigenvalue weighted by molar-refractivity contribution is -0.119. The molecule has 0 radical (unpaired) electrons. The van der Waals surface area contributed by atoms with Gasteiger partial charge >= 0.3 is 0 Å². The molecular formula is C20H26N6O2. The van der Waals surface area contributed by atoms with E-state index in [1.54, 1.807) is 11.1 Å². The van der Waals surface area contributed by atoms with Crippen molar-refractivity contribution in [2.24, 2.45) is 11.7 Å². The molecule has 2 aromatic heterocycles. The van der Waals surface area contributed by atoms with E-state index in [9.17, 15) is 9.59 Å². The molecule has 8 nitrogen and oxygen atoms in total. The quantitative estimate of drug-likeness (QED) is 0.871. The zero-order valence-electron chi connectivity index (χ0n) is 16.6. The van der Waals surface area contributed by atoms with E-state index in [2.05, 4.69) is 15.0 Å². The van der Waals surface area contributed by atoms with Crippen LogP contribution in [0.25, 0.3) is 0 Å². The number of fused-ring (bicyclic) bond motifs is 1. The summed E-state index contributed by atoms with van der Waals surface area (Å²) in [6, 6.07) is 4.06. The monoisotopic (exact) mass is 382 g/mol. The van der Waals surface area contributed by atoms with Crippen LogP contribution in [0.2, 0.25) is 0 Å². The van der Waals surface area contributed by atoms with Crippen molar-refractivity contribution in [3.8, 4) is 0 Å². The van der Waals surface area contributed by atoms with E-state index in [0.29, 0.717) is 12.2 Å². The van der Waals surface area contributed by atoms with Crippen LogP contribution in [-0.4, -0.2) is 39.7 Å². The molecule has 2 N–H and O–H groups in total. The summed E-state index contributed by atoms with van der Waals surface area (Å²) in [7, 11) is 0. The van der Waals surface area contributed by atoms with Crippen LogP contribution < -0.4 is 15.5 Å². The number of carbonyl (C=O) groups is 2. The van der Waals surface area contributed by atoms with Crippen LogP contribution >= 0.6 is 0 Å². The predicted molar refractivity (Wildman–Crippen MR) is 106 cm³/mol. The lowest BCUT2D eigenvalue weighted by Gasteiger charge is -2.29. The van der Waals surface area contributed by atoms with Gasteiger partial charge in [0.2, 0.25) is 5.91 Å². The maximum absolute atomic E-state index is 12.2. The Balaban J connectivity index is 1.58. The number of hydrogen-bond acceptors (Lipinski definition) is 5. The Morgan fingerprint density at radius 1 is 1.29 bits per heavy atom. The maximum atomic E-state index is 12.2. The maximum Gasteiger partial charge on any atom is 0.269 e. The third-order valence-electron chi connectivity index (χ3n) is 5.65. The van der Waals surface area contributed by atoms with Gasteiger partial charge in [0.1, 0.15) is 5.82 Å². The molecule has 2 amide bonds. The second kappa shape index (κ2) is 6.92. The fourth-order valence-corrected chi connectivity index (χ4v) is 4.07. The highest BCUT2D eigenvalue weighted by Gasteiger charge is 2.30. The molecule has 2 aliphatic heterocycles. The number of pyridine rings is 1. The summed E-state index contributed by atoms with van der Waals surface area (Å²) < 4.78 is 1.91. The molecule has 148 valence electrons. The van der Waals surface area contributed by atoms with Crippen LogP contribution in [0.3, 0.4) is 0 Å². The number of hydrogen-bond donors (Lipinski definition) is 1. The van der Waals surface area contributed by atoms with Gasteiger partial charge in [0.05, 0.1) is 11.9 Å². The second-order valence-electron chi connectivity index (χ2n) is 7.90. The first-order chi connectivity index (χ1) is 13.4. The minimum Gasteiger partial charge on any atom is -0.364 e. The van der Waals surface area contributed by atoms with Crippen molar-refractivity contribution in [3.63, 3.8) is 0 Å². The smallest absolute Gasteiger partial charge is 0.269 e. The highest BCUT2D eigenvalue weighted by atomic mass is 16.2. The van der Waals surface area contributed by atoms with E-state index in [4.69, 9.17) is 5.73 Å². The Hall–Kier alpha value is -2.90. The molecule has 8 heteroatoms. The SMILES string of the molecule is CC1CCN(c2ccc(N3CCc4c(c(C(N)=O)nn4C(C)C)C3)nc2)C1=O. The number of nitrogens with zero attached hydrogens (tertiary/aromatic N) is 5. The molecule has 2 aliphatic rings. The number of primary amides is 1. The van der Waals surface area contributed by atoms with Crippen LogP contribution in [0.5, 0.6) is 0 Å². The number of anilines is 2. The molecule has 1 atom stereocenters. The van der Waals surface area contributed by atoms with Crippen molar-refractivity contribution in [1.82, 2.24) is 14.8 Å². The first-order valence-electron chi connectivity index (χ1n) is 9.79. The minimum absolute atomic E-state index is 0.0740. The Morgan fingerprint density at radius 3 is 2.64 bits per heavy atom. The third-order valence-corrected chi connectivity index (χ3v) is 5.65. The Bertz CT molecular complexity index is 918. The number of rotatable bonds is 4. The van der Waals surface area contributed by atoms with E-state index < -0.39 is 5.91 Å². The van der Waals surface area contributed by atoms with Crippen molar-refractivity contribution in [3.05, 3.63) is 35.3 Å². The van der Waals surface area contributed by atoms with Crippen molar-refractivity contribution in [1.29, 1.82) is 0 Å². The standard InChI is InChI=1S/C20H26N6O2/c1-12(2)26-16-7-8-24(11-15(16)18(23-26)19(21)27)17-5-4-14(10-22-17)25-9-6-13(3)20(25)28/h4-5,10,12-13H,6-9,11H2,1-3H3,(H2,21,27). The first kappa shape index (κ1) is 18.5. The number of aromatic nitrogens is 3. The normalized spacial score (nSPS) is 19.4. The lowest BCUT2D eigenvalue weighted by atomic mass is 10.0. The van der Waals surface area contributed by atoms with Gasteiger partial charge in [-0.2, -0.15) is 5.10 Å². The highest BCUT2D eigenvalue weighted by molar-refractivity contribution is 5.96. The molecule has 1 unspecified atom stereocenters. The van der Waals surface area contributed by atoms with Gasteiger partial charge in [0, 0.05) is 49.3 Å². The lowest BCUT2D eigenvalue weighted by Crippen LogP contribution is -2.33. The topological polar surface area (TPSA) is 97.3 Å². The van der Waals surface area contributed by atoms with Gasteiger partial charge in [-0.1, -0.05) is 6.92 Å². The van der Waals surface area contributed by atoms with Gasteiger partial charge in [-0.15, -0.1) is 0 Å². The largest absolute Gasteiger partial charge is 0.364 e. The molecule has 0 spiro atoms. The van der Waals surface area contributed by atoms with Crippen LogP contribution in [-0.2, 0) is 17.8 Å². The fourth-order valence-electron chi connectivity index (χ4n) is 4.07. The summed E-state index contributed by atoms with van der Waals surface area (Å²) in [4.78, 5) is 32.6. The molecule has 0 bridgehead atoms. The second-order valence-corrected chi connectivity index (χ2v) is 7.90. The van der Waals surface area contributed by atoms with Crippen molar-refractivity contribution < 1.29 is 9.59 Å². The molecule has 28 heavy (non-hydrogen) atoms. The third kappa shape index (κ3) is 3.02. The van der Waals surface area contributed by atoms with Gasteiger partial charge in [0.15, 0.2) is 5.69 Å². The molecule has 1 fully saturated rings. The van der Waals surface area contributed by atoms with Crippen molar-refractivity contribution in [2.45, 2.75) is 46.2 Å². The summed E-state index contributed by atoms with van der Waals surface area (Å²) in [5, 5.41) is 4.45. The summed E-state index contributed by atoms with van der Waals surface area (Å²) in [5.74, 6) is 0.554. The van der Waals surface area contributed by atoms with E-state index in [1.807, 2.05) is 37.6 Å². The van der Waals surface area contributed by atoms with E-state index in [1.165, 1.54) is 0 Å². The van der Waals surface area contributed by atoms with E-state index in [-0.39, 0.29) is 17.9 Å². The van der Waals surface area contributed by atoms with Crippen LogP contribution in [0.1, 0.15) is 55.0 Å². The van der Waals surface area contributed by atoms with Crippen LogP contribution in [0, 0.1) is 5.92 Å². The van der Waals surface area contributed by atoms with E-state index >= 15 is 0 Å². The predicted octanol–water partition coefficient (Wildman–Crippen LogP) is 1.89. The molecule has 0 aliphatic carbocycles. The van der Waals surface area contributed by atoms with Crippen LogP contribution in [0.15, 0.2) is 18.3 Å². The molecule has 1 saturated heterocycles. The summed E-state index contributed by atoms with van der Waals surface area (Å²) in [6.07, 6.45) is 3.41. The highest BCUT2D eigenvalue weighted by Crippen LogP contribution is 2.29. The molecule has 4 rings (SSSR count). The molecule has 2 aromatic rings. The minimum atomic E-state index is -0.498. The zero-order valence-corrected chi connectivity index (χ0v) is 16.6. The summed E-state index contributed by atoms with van der Waals surface area (Å²) in [6.45, 7) is 8.13. The fraction of sp³-hybridized carbons (Fsp3) is 0.500. The number of nitrogens with two attached hydrogens (primary N) is 1. The van der Waals surface area contributed by atoms with Crippen molar-refractivity contribution in [2.75, 3.05) is 22.9 Å². The van der Waals surface area contributed by atoms with Crippen molar-refractivity contribution >= 4 is 23.3 Å². The van der Waals surface area contributed by atoms with E-state index in [0.717, 1.165) is 48.7 Å². The van der Waals surface area contributed by atoms with Crippen LogP contribution in [0.4, 0.5) is 11.5 Å². The Labute approximate surface area is 164 Å². The first-order valence-corrected chi connectivity index (χ1v) is 9.79. The molecule has 0 saturated carbocycles. The summed E-state index contributed by atoms with van der Waals surface area (Å²) >= 11 is 0. The molecule has 4 heterocycles. The van der Waals surface area contributed by atoms with Gasteiger partial charge < -0.3 is 15.5 Å².